The standard InChI is InChI=1S/C14H23NO3S2/c16-13(4-2-1-3-12-5-10-19-20-12)15-7-6-14(11-15)17-8-9-18-14/h12H,1-11H2. The molecule has 0 N–H and O–H groups in total. The van der Waals surface area contributed by atoms with E-state index in [4.69, 9.17) is 9.47 Å². The minimum Gasteiger partial charge on any atom is -0.346 e. The first-order valence-corrected chi connectivity index (χ1v) is 10.00. The third kappa shape index (κ3) is 3.64. The summed E-state index contributed by atoms with van der Waals surface area (Å²) in [5, 5.41) is 0.824. The van der Waals surface area contributed by atoms with Gasteiger partial charge < -0.3 is 14.4 Å². The van der Waals surface area contributed by atoms with Gasteiger partial charge in [0.15, 0.2) is 5.79 Å². The van der Waals surface area contributed by atoms with Crippen molar-refractivity contribution in [2.75, 3.05) is 32.1 Å². The van der Waals surface area contributed by atoms with Crippen LogP contribution in [-0.2, 0) is 14.3 Å². The van der Waals surface area contributed by atoms with Crippen LogP contribution in [0.15, 0.2) is 0 Å². The van der Waals surface area contributed by atoms with Crippen molar-refractivity contribution in [3.05, 3.63) is 0 Å². The second-order valence-electron chi connectivity index (χ2n) is 5.75. The van der Waals surface area contributed by atoms with E-state index in [1.54, 1.807) is 0 Å². The van der Waals surface area contributed by atoms with Gasteiger partial charge in [-0.25, -0.2) is 0 Å². The van der Waals surface area contributed by atoms with Crippen molar-refractivity contribution in [1.29, 1.82) is 0 Å². The third-order valence-corrected chi connectivity index (χ3v) is 7.26. The maximum absolute atomic E-state index is 12.2. The van der Waals surface area contributed by atoms with Crippen LogP contribution in [0.3, 0.4) is 0 Å². The predicted molar refractivity (Wildman–Crippen MR) is 82.8 cm³/mol. The van der Waals surface area contributed by atoms with Gasteiger partial charge >= 0.3 is 0 Å². The second kappa shape index (κ2) is 6.90. The molecule has 3 saturated heterocycles. The van der Waals surface area contributed by atoms with Gasteiger partial charge in [-0.15, -0.1) is 0 Å². The SMILES string of the molecule is O=C(CCCCC1CCSS1)N1CCC2(C1)OCCO2. The van der Waals surface area contributed by atoms with Gasteiger partial charge in [0.2, 0.25) is 5.91 Å². The number of carbonyl (C=O) groups excluding carboxylic acids is 1. The van der Waals surface area contributed by atoms with E-state index in [0.717, 1.165) is 24.6 Å². The average molecular weight is 317 g/mol. The first-order chi connectivity index (χ1) is 9.77. The Morgan fingerprint density at radius 2 is 2.15 bits per heavy atom. The molecule has 20 heavy (non-hydrogen) atoms. The molecule has 0 aromatic carbocycles. The highest BCUT2D eigenvalue weighted by Crippen LogP contribution is 2.40. The molecule has 0 aromatic heterocycles. The zero-order chi connectivity index (χ0) is 13.8. The molecule has 6 heteroatoms. The average Bonchev–Trinajstić information content (AvgIpc) is 3.18. The van der Waals surface area contributed by atoms with E-state index in [9.17, 15) is 4.79 Å². The molecule has 4 nitrogen and oxygen atoms in total. The zero-order valence-electron chi connectivity index (χ0n) is 11.8. The van der Waals surface area contributed by atoms with E-state index in [0.29, 0.717) is 26.2 Å². The van der Waals surface area contributed by atoms with Crippen LogP contribution >= 0.6 is 21.6 Å². The highest BCUT2D eigenvalue weighted by atomic mass is 33.1. The summed E-state index contributed by atoms with van der Waals surface area (Å²) >= 11 is 0. The molecule has 1 spiro atoms. The van der Waals surface area contributed by atoms with Crippen LogP contribution in [0.1, 0.15) is 38.5 Å². The van der Waals surface area contributed by atoms with Gasteiger partial charge in [-0.05, 0) is 19.3 Å². The second-order valence-corrected chi connectivity index (χ2v) is 8.54. The highest BCUT2D eigenvalue weighted by molar-refractivity contribution is 8.77. The zero-order valence-corrected chi connectivity index (χ0v) is 13.5. The van der Waals surface area contributed by atoms with Gasteiger partial charge in [0.1, 0.15) is 0 Å². The summed E-state index contributed by atoms with van der Waals surface area (Å²) < 4.78 is 11.3. The van der Waals surface area contributed by atoms with Crippen LogP contribution < -0.4 is 0 Å². The van der Waals surface area contributed by atoms with Crippen LogP contribution in [0.5, 0.6) is 0 Å². The van der Waals surface area contributed by atoms with Crippen molar-refractivity contribution in [3.8, 4) is 0 Å². The minimum absolute atomic E-state index is 0.273. The maximum atomic E-state index is 12.2. The normalized spacial score (nSPS) is 28.6. The monoisotopic (exact) mass is 317 g/mol. The topological polar surface area (TPSA) is 38.8 Å². The number of rotatable bonds is 5. The van der Waals surface area contributed by atoms with Gasteiger partial charge in [0.25, 0.3) is 0 Å². The predicted octanol–water partition coefficient (Wildman–Crippen LogP) is 2.68. The largest absolute Gasteiger partial charge is 0.346 e. The van der Waals surface area contributed by atoms with Gasteiger partial charge in [-0.2, -0.15) is 0 Å². The Bertz CT molecular complexity index is 341. The minimum atomic E-state index is -0.465. The number of hydrogen-bond donors (Lipinski definition) is 0. The fraction of sp³-hybridized carbons (Fsp3) is 0.929. The third-order valence-electron chi connectivity index (χ3n) is 4.25. The molecule has 1 atom stereocenters. The van der Waals surface area contributed by atoms with Crippen molar-refractivity contribution in [2.45, 2.75) is 49.6 Å². The summed E-state index contributed by atoms with van der Waals surface area (Å²) in [6, 6.07) is 0. The van der Waals surface area contributed by atoms with E-state index in [1.165, 1.54) is 25.0 Å². The molecule has 3 aliphatic heterocycles. The summed E-state index contributed by atoms with van der Waals surface area (Å²) in [4.78, 5) is 14.1. The molecule has 0 saturated carbocycles. The van der Waals surface area contributed by atoms with Crippen LogP contribution in [0, 0.1) is 0 Å². The van der Waals surface area contributed by atoms with Crippen molar-refractivity contribution in [2.24, 2.45) is 0 Å². The molecular weight excluding hydrogens is 294 g/mol. The Hall–Kier alpha value is 0.0900. The molecule has 1 amide bonds. The van der Waals surface area contributed by atoms with Crippen molar-refractivity contribution in [3.63, 3.8) is 0 Å². The summed E-state index contributed by atoms with van der Waals surface area (Å²) in [5.41, 5.74) is 0. The van der Waals surface area contributed by atoms with Crippen molar-refractivity contribution >= 4 is 27.5 Å². The Morgan fingerprint density at radius 3 is 2.90 bits per heavy atom. The highest BCUT2D eigenvalue weighted by Gasteiger charge is 2.44. The summed E-state index contributed by atoms with van der Waals surface area (Å²) in [6.07, 6.45) is 6.31. The summed E-state index contributed by atoms with van der Waals surface area (Å²) in [5.74, 6) is 1.10. The molecule has 3 fully saturated rings. The maximum Gasteiger partial charge on any atom is 0.222 e. The lowest BCUT2D eigenvalue weighted by molar-refractivity contribution is -0.152. The van der Waals surface area contributed by atoms with Gasteiger partial charge in [0, 0.05) is 30.4 Å². The van der Waals surface area contributed by atoms with E-state index >= 15 is 0 Å². The number of ether oxygens (including phenoxy) is 2. The molecule has 0 aliphatic carbocycles. The lowest BCUT2D eigenvalue weighted by Gasteiger charge is -2.22. The molecule has 1 unspecified atom stereocenters. The summed E-state index contributed by atoms with van der Waals surface area (Å²) in [7, 11) is 4.02. The number of hydrogen-bond acceptors (Lipinski definition) is 5. The van der Waals surface area contributed by atoms with Crippen LogP contribution in [0.25, 0.3) is 0 Å². The Morgan fingerprint density at radius 1 is 1.30 bits per heavy atom. The molecule has 3 heterocycles. The fourth-order valence-electron chi connectivity index (χ4n) is 3.07. The van der Waals surface area contributed by atoms with Crippen LogP contribution in [-0.4, -0.2) is 53.9 Å². The quantitative estimate of drug-likeness (QED) is 0.576. The van der Waals surface area contributed by atoms with Crippen molar-refractivity contribution < 1.29 is 14.3 Å². The molecule has 0 bridgehead atoms. The Balaban J connectivity index is 1.33. The van der Waals surface area contributed by atoms with Crippen LogP contribution in [0.4, 0.5) is 0 Å². The van der Waals surface area contributed by atoms with E-state index in [1.807, 2.05) is 26.5 Å². The lowest BCUT2D eigenvalue weighted by Crippen LogP contribution is -2.36. The molecule has 3 aliphatic rings. The smallest absolute Gasteiger partial charge is 0.222 e. The molecule has 0 radical (unpaired) electrons. The number of unbranched alkanes of at least 4 members (excludes halogenated alkanes) is 1. The van der Waals surface area contributed by atoms with E-state index in [2.05, 4.69) is 0 Å². The number of amides is 1. The number of nitrogens with zero attached hydrogens (tertiary/aromatic N) is 1. The molecule has 114 valence electrons. The molecular formula is C14H23NO3S2. The number of likely N-dealkylation sites (tertiary alicyclic amines) is 1. The number of carbonyl (C=O) groups is 1. The van der Waals surface area contributed by atoms with Crippen LogP contribution in [0.2, 0.25) is 0 Å². The van der Waals surface area contributed by atoms with Crippen molar-refractivity contribution in [1.82, 2.24) is 4.90 Å². The first kappa shape index (κ1) is 15.0. The Labute approximate surface area is 128 Å². The fourth-order valence-corrected chi connectivity index (χ4v) is 6.10. The first-order valence-electron chi connectivity index (χ1n) is 7.61. The lowest BCUT2D eigenvalue weighted by atomic mass is 10.1. The van der Waals surface area contributed by atoms with Gasteiger partial charge in [-0.3, -0.25) is 4.79 Å². The molecule has 0 aromatic rings. The van der Waals surface area contributed by atoms with E-state index < -0.39 is 5.79 Å². The van der Waals surface area contributed by atoms with E-state index in [-0.39, 0.29) is 5.91 Å². The molecule has 3 rings (SSSR count). The Kier molecular flexibility index (Phi) is 5.18. The van der Waals surface area contributed by atoms with Gasteiger partial charge in [0.05, 0.1) is 19.8 Å². The van der Waals surface area contributed by atoms with Gasteiger partial charge in [-0.1, -0.05) is 28.0 Å². The summed E-state index contributed by atoms with van der Waals surface area (Å²) in [6.45, 7) is 2.74.